The average Bonchev–Trinajstić information content (AvgIpc) is 2.25. The Morgan fingerprint density at radius 2 is 2.47 bits per heavy atom. The molecule has 1 heterocycles. The molecule has 1 aromatic rings. The number of pyridine rings is 1. The molecule has 0 aliphatic carbocycles. The summed E-state index contributed by atoms with van der Waals surface area (Å²) in [5.74, 6) is 0.885. The molecule has 0 radical (unpaired) electrons. The molecule has 0 spiro atoms. The molecule has 0 aromatic carbocycles. The van der Waals surface area contributed by atoms with Gasteiger partial charge < -0.3 is 5.32 Å². The third-order valence-corrected chi connectivity index (χ3v) is 2.85. The summed E-state index contributed by atoms with van der Waals surface area (Å²) < 4.78 is 0. The highest BCUT2D eigenvalue weighted by Gasteiger charge is 2.08. The van der Waals surface area contributed by atoms with Crippen molar-refractivity contribution in [3.63, 3.8) is 0 Å². The largest absolute Gasteiger partial charge is 0.352 e. The van der Waals surface area contributed by atoms with Crippen LogP contribution >= 0.6 is 23.4 Å². The van der Waals surface area contributed by atoms with Gasteiger partial charge in [0.25, 0.3) is 5.91 Å². The highest BCUT2D eigenvalue weighted by atomic mass is 35.5. The van der Waals surface area contributed by atoms with Crippen molar-refractivity contribution < 1.29 is 4.79 Å². The van der Waals surface area contributed by atoms with Crippen molar-refractivity contribution in [2.45, 2.75) is 6.42 Å². The predicted molar refractivity (Wildman–Crippen MR) is 64.6 cm³/mol. The first-order valence-corrected chi connectivity index (χ1v) is 6.39. The summed E-state index contributed by atoms with van der Waals surface area (Å²) in [6, 6.07) is 1.61. The van der Waals surface area contributed by atoms with E-state index in [2.05, 4.69) is 10.3 Å². The van der Waals surface area contributed by atoms with Gasteiger partial charge in [-0.05, 0) is 24.5 Å². The monoisotopic (exact) mass is 244 g/mol. The lowest BCUT2D eigenvalue weighted by molar-refractivity contribution is 0.0953. The van der Waals surface area contributed by atoms with Gasteiger partial charge in [0.1, 0.15) is 0 Å². The van der Waals surface area contributed by atoms with Gasteiger partial charge in [-0.2, -0.15) is 11.8 Å². The molecule has 15 heavy (non-hydrogen) atoms. The van der Waals surface area contributed by atoms with Crippen molar-refractivity contribution in [2.75, 3.05) is 18.6 Å². The minimum Gasteiger partial charge on any atom is -0.352 e. The quantitative estimate of drug-likeness (QED) is 0.808. The van der Waals surface area contributed by atoms with Gasteiger partial charge >= 0.3 is 0 Å². The van der Waals surface area contributed by atoms with E-state index in [0.717, 1.165) is 12.2 Å². The van der Waals surface area contributed by atoms with E-state index in [1.165, 1.54) is 6.20 Å². The maximum absolute atomic E-state index is 11.6. The molecule has 0 saturated heterocycles. The van der Waals surface area contributed by atoms with Crippen LogP contribution in [0.2, 0.25) is 5.02 Å². The van der Waals surface area contributed by atoms with E-state index < -0.39 is 0 Å². The summed E-state index contributed by atoms with van der Waals surface area (Å²) in [7, 11) is 0. The van der Waals surface area contributed by atoms with Gasteiger partial charge in [0.05, 0.1) is 10.6 Å². The second kappa shape index (κ2) is 6.69. The summed E-state index contributed by atoms with van der Waals surface area (Å²) in [6.45, 7) is 0.672. The first-order valence-electron chi connectivity index (χ1n) is 4.62. The van der Waals surface area contributed by atoms with Crippen LogP contribution < -0.4 is 5.32 Å². The number of carbonyl (C=O) groups is 1. The van der Waals surface area contributed by atoms with Crippen molar-refractivity contribution in [3.8, 4) is 0 Å². The molecule has 82 valence electrons. The maximum atomic E-state index is 11.6. The van der Waals surface area contributed by atoms with Crippen molar-refractivity contribution in [1.29, 1.82) is 0 Å². The highest BCUT2D eigenvalue weighted by molar-refractivity contribution is 7.98. The van der Waals surface area contributed by atoms with E-state index in [0.29, 0.717) is 17.1 Å². The van der Waals surface area contributed by atoms with E-state index >= 15 is 0 Å². The first-order chi connectivity index (χ1) is 7.25. The molecule has 0 aliphatic rings. The van der Waals surface area contributed by atoms with Crippen LogP contribution in [0.1, 0.15) is 16.8 Å². The van der Waals surface area contributed by atoms with E-state index in [1.807, 2.05) is 6.26 Å². The van der Waals surface area contributed by atoms with Crippen LogP contribution in [0, 0.1) is 0 Å². The van der Waals surface area contributed by atoms with Gasteiger partial charge in [0.2, 0.25) is 0 Å². The maximum Gasteiger partial charge on any atom is 0.254 e. The zero-order valence-electron chi connectivity index (χ0n) is 8.50. The third-order valence-electron chi connectivity index (χ3n) is 1.82. The fourth-order valence-electron chi connectivity index (χ4n) is 1.06. The number of thioether (sulfide) groups is 1. The van der Waals surface area contributed by atoms with Crippen LogP contribution in [-0.4, -0.2) is 29.4 Å². The summed E-state index contributed by atoms with van der Waals surface area (Å²) in [5.41, 5.74) is 0.434. The summed E-state index contributed by atoms with van der Waals surface area (Å²) in [6.07, 6.45) is 6.05. The van der Waals surface area contributed by atoms with Crippen LogP contribution in [0.5, 0.6) is 0 Å². The lowest BCUT2D eigenvalue weighted by Gasteiger charge is -2.05. The van der Waals surface area contributed by atoms with Crippen LogP contribution in [0.15, 0.2) is 18.5 Å². The lowest BCUT2D eigenvalue weighted by Crippen LogP contribution is -2.25. The molecular formula is C10H13ClN2OS. The zero-order chi connectivity index (χ0) is 11.1. The summed E-state index contributed by atoms with van der Waals surface area (Å²) >= 11 is 7.62. The standard InChI is InChI=1S/C10H13ClN2OS/c1-15-6-2-4-13-10(14)8-7-12-5-3-9(8)11/h3,5,7H,2,4,6H2,1H3,(H,13,14). The molecule has 1 amide bonds. The Hall–Kier alpha value is -0.740. The molecule has 5 heteroatoms. The van der Waals surface area contributed by atoms with Crippen molar-refractivity contribution in [1.82, 2.24) is 10.3 Å². The van der Waals surface area contributed by atoms with Crippen LogP contribution in [0.3, 0.4) is 0 Å². The van der Waals surface area contributed by atoms with Crippen LogP contribution in [0.25, 0.3) is 0 Å². The Morgan fingerprint density at radius 1 is 1.67 bits per heavy atom. The number of halogens is 1. The lowest BCUT2D eigenvalue weighted by atomic mass is 10.2. The molecule has 0 bridgehead atoms. The number of carbonyl (C=O) groups excluding carboxylic acids is 1. The Bertz CT molecular complexity index is 333. The first kappa shape index (κ1) is 12.3. The summed E-state index contributed by atoms with van der Waals surface area (Å²) in [4.78, 5) is 15.4. The zero-order valence-corrected chi connectivity index (χ0v) is 10.1. The Balaban J connectivity index is 2.44. The molecule has 0 saturated carbocycles. The Labute approximate surface area is 98.6 Å². The average molecular weight is 245 g/mol. The van der Waals surface area contributed by atoms with E-state index in [4.69, 9.17) is 11.6 Å². The Kier molecular flexibility index (Phi) is 5.50. The molecule has 3 nitrogen and oxygen atoms in total. The number of hydrogen-bond donors (Lipinski definition) is 1. The molecule has 1 aromatic heterocycles. The van der Waals surface area contributed by atoms with Crippen molar-refractivity contribution >= 4 is 29.3 Å². The molecule has 1 N–H and O–H groups in total. The molecule has 0 atom stereocenters. The highest BCUT2D eigenvalue weighted by Crippen LogP contribution is 2.12. The number of nitrogens with zero attached hydrogens (tertiary/aromatic N) is 1. The fourth-order valence-corrected chi connectivity index (χ4v) is 1.68. The van der Waals surface area contributed by atoms with Crippen LogP contribution in [-0.2, 0) is 0 Å². The van der Waals surface area contributed by atoms with E-state index in [-0.39, 0.29) is 5.91 Å². The molecule has 0 aliphatic heterocycles. The van der Waals surface area contributed by atoms with Gasteiger partial charge in [0.15, 0.2) is 0 Å². The fraction of sp³-hybridized carbons (Fsp3) is 0.400. The second-order valence-electron chi connectivity index (χ2n) is 2.96. The van der Waals surface area contributed by atoms with Gasteiger partial charge in [0, 0.05) is 18.9 Å². The van der Waals surface area contributed by atoms with E-state index in [9.17, 15) is 4.79 Å². The predicted octanol–water partition coefficient (Wildman–Crippen LogP) is 2.22. The van der Waals surface area contributed by atoms with E-state index in [1.54, 1.807) is 24.0 Å². The van der Waals surface area contributed by atoms with Crippen molar-refractivity contribution in [2.24, 2.45) is 0 Å². The third kappa shape index (κ3) is 4.10. The van der Waals surface area contributed by atoms with Gasteiger partial charge in [-0.15, -0.1) is 0 Å². The number of amides is 1. The molecule has 0 fully saturated rings. The topological polar surface area (TPSA) is 42.0 Å². The van der Waals surface area contributed by atoms with Crippen LogP contribution in [0.4, 0.5) is 0 Å². The molecule has 0 unspecified atom stereocenters. The van der Waals surface area contributed by atoms with Gasteiger partial charge in [-0.3, -0.25) is 9.78 Å². The van der Waals surface area contributed by atoms with Crippen molar-refractivity contribution in [3.05, 3.63) is 29.0 Å². The molecule has 1 rings (SSSR count). The Morgan fingerprint density at radius 3 is 3.13 bits per heavy atom. The minimum atomic E-state index is -0.158. The SMILES string of the molecule is CSCCCNC(=O)c1cnccc1Cl. The number of aromatic nitrogens is 1. The normalized spacial score (nSPS) is 10.0. The smallest absolute Gasteiger partial charge is 0.254 e. The van der Waals surface area contributed by atoms with Gasteiger partial charge in [-0.1, -0.05) is 11.6 Å². The summed E-state index contributed by atoms with van der Waals surface area (Å²) in [5, 5.41) is 3.24. The minimum absolute atomic E-state index is 0.158. The number of nitrogens with one attached hydrogen (secondary N) is 1. The van der Waals surface area contributed by atoms with Gasteiger partial charge in [-0.25, -0.2) is 0 Å². The molecular weight excluding hydrogens is 232 g/mol. The second-order valence-corrected chi connectivity index (χ2v) is 4.35. The number of rotatable bonds is 5. The number of hydrogen-bond acceptors (Lipinski definition) is 3.